The Balaban J connectivity index is 1.24. The lowest BCUT2D eigenvalue weighted by atomic mass is 9.73. The molecule has 8 nitrogen and oxygen atoms in total. The fourth-order valence-corrected chi connectivity index (χ4v) is 6.32. The van der Waals surface area contributed by atoms with E-state index in [0.29, 0.717) is 24.1 Å². The second-order valence-corrected chi connectivity index (χ2v) is 12.6. The fourth-order valence-electron chi connectivity index (χ4n) is 5.61. The zero-order valence-corrected chi connectivity index (χ0v) is 25.6. The van der Waals surface area contributed by atoms with Crippen molar-refractivity contribution < 1.29 is 27.9 Å². The third kappa shape index (κ3) is 8.44. The Labute approximate surface area is 263 Å². The summed E-state index contributed by atoms with van der Waals surface area (Å²) < 4.78 is 39.2. The molecule has 0 spiro atoms. The Morgan fingerprint density at radius 1 is 1.13 bits per heavy atom. The zero-order valence-electron chi connectivity index (χ0n) is 24.8. The summed E-state index contributed by atoms with van der Waals surface area (Å²) in [6.07, 6.45) is 4.24. The van der Waals surface area contributed by atoms with Crippen LogP contribution in [0.2, 0.25) is 0 Å². The van der Waals surface area contributed by atoms with Crippen LogP contribution in [0.1, 0.15) is 46.7 Å². The summed E-state index contributed by atoms with van der Waals surface area (Å²) >= 11 is 1.49. The zero-order chi connectivity index (χ0) is 32.0. The molecule has 0 aliphatic heterocycles. The molecule has 0 saturated heterocycles. The number of nitrogens with zero attached hydrogens (tertiary/aromatic N) is 2. The molecule has 2 aliphatic carbocycles. The number of carbonyl (C=O) groups excluding carboxylic acids is 2. The molecule has 1 fully saturated rings. The minimum absolute atomic E-state index is 0.0115. The normalized spacial score (nSPS) is 19.4. The van der Waals surface area contributed by atoms with Gasteiger partial charge in [-0.15, -0.1) is 11.3 Å². The van der Waals surface area contributed by atoms with Crippen molar-refractivity contribution in [2.24, 2.45) is 11.3 Å². The van der Waals surface area contributed by atoms with Gasteiger partial charge in [-0.25, -0.2) is 4.98 Å². The third-order valence-electron chi connectivity index (χ3n) is 8.15. The number of carbonyl (C=O) groups is 2. The number of nitrogens with one attached hydrogen (secondary N) is 3. The van der Waals surface area contributed by atoms with Crippen molar-refractivity contribution in [1.29, 1.82) is 0 Å². The van der Waals surface area contributed by atoms with Crippen LogP contribution in [-0.4, -0.2) is 45.6 Å². The van der Waals surface area contributed by atoms with Gasteiger partial charge in [-0.2, -0.15) is 13.2 Å². The Morgan fingerprint density at radius 3 is 2.60 bits per heavy atom. The Kier molecular flexibility index (Phi) is 10.2. The van der Waals surface area contributed by atoms with Gasteiger partial charge in [0.15, 0.2) is 0 Å². The van der Waals surface area contributed by atoms with E-state index in [-0.39, 0.29) is 37.2 Å². The van der Waals surface area contributed by atoms with Crippen LogP contribution in [0.4, 0.5) is 13.2 Å². The smallest absolute Gasteiger partial charge is 0.390 e. The minimum atomic E-state index is -4.51. The molecule has 2 aliphatic rings. The minimum Gasteiger partial charge on any atom is -0.390 e. The number of thiazole rings is 1. The maximum atomic E-state index is 13.7. The van der Waals surface area contributed by atoms with E-state index in [1.165, 1.54) is 17.5 Å². The Hall–Kier alpha value is -3.87. The Bertz CT molecular complexity index is 1550. The highest BCUT2D eigenvalue weighted by Crippen LogP contribution is 2.51. The predicted molar refractivity (Wildman–Crippen MR) is 165 cm³/mol. The van der Waals surface area contributed by atoms with Crippen molar-refractivity contribution in [1.82, 2.24) is 25.9 Å². The van der Waals surface area contributed by atoms with E-state index in [0.717, 1.165) is 41.4 Å². The molecule has 1 unspecified atom stereocenters. The van der Waals surface area contributed by atoms with Gasteiger partial charge in [-0.1, -0.05) is 48.6 Å². The average Bonchev–Trinajstić information content (AvgIpc) is 3.81. The van der Waals surface area contributed by atoms with Crippen LogP contribution >= 0.6 is 11.3 Å². The number of allylic oxidation sites excluding steroid dienone is 2. The second kappa shape index (κ2) is 14.1. The molecule has 1 saturated carbocycles. The number of benzene rings is 1. The van der Waals surface area contributed by atoms with E-state index >= 15 is 0 Å². The largest absolute Gasteiger partial charge is 0.417 e. The SMILES string of the molecule is Cc1csc(CNC(=O)C2(C3CC3)C=CC=C(C(=O)N[C@@H](Cc3ccccc3)[C@H](O)CNCc3cncc(C(F)(F)F)c3)C2)n1. The van der Waals surface area contributed by atoms with Crippen molar-refractivity contribution in [3.8, 4) is 0 Å². The van der Waals surface area contributed by atoms with E-state index in [1.54, 1.807) is 12.2 Å². The highest BCUT2D eigenvalue weighted by molar-refractivity contribution is 7.09. The molecule has 0 radical (unpaired) electrons. The van der Waals surface area contributed by atoms with Gasteiger partial charge in [0, 0.05) is 42.1 Å². The van der Waals surface area contributed by atoms with Gasteiger partial charge in [-0.3, -0.25) is 14.6 Å². The maximum Gasteiger partial charge on any atom is 0.417 e. The number of aliphatic hydroxyl groups excluding tert-OH is 1. The molecule has 3 atom stereocenters. The highest BCUT2D eigenvalue weighted by Gasteiger charge is 2.50. The number of amides is 2. The van der Waals surface area contributed by atoms with Crippen LogP contribution in [0.15, 0.2) is 78.0 Å². The van der Waals surface area contributed by atoms with Crippen molar-refractivity contribution in [2.75, 3.05) is 6.54 Å². The standard InChI is InChI=1S/C33H36F3N5O3S/c1-21-20-45-29(40-21)19-39-31(44)32(25-9-10-25)11-5-8-24(14-32)30(43)41-27(13-22-6-3-2-4-7-22)28(42)18-38-16-23-12-26(17-37-15-23)33(34,35)36/h2-8,11-12,15,17,20,25,27-28,38,42H,9-10,13-14,16,18-19H2,1H3,(H,39,44)(H,41,43)/t27-,28+,32?/m0/s1. The molecule has 2 aromatic heterocycles. The van der Waals surface area contributed by atoms with Gasteiger partial charge >= 0.3 is 6.18 Å². The first kappa shape index (κ1) is 32.5. The van der Waals surface area contributed by atoms with Gasteiger partial charge in [0.1, 0.15) is 5.01 Å². The number of aliphatic hydroxyl groups is 1. The maximum absolute atomic E-state index is 13.7. The van der Waals surface area contributed by atoms with Crippen LogP contribution in [-0.2, 0) is 35.3 Å². The lowest BCUT2D eigenvalue weighted by Gasteiger charge is -2.33. The fraction of sp³-hybridized carbons (Fsp3) is 0.394. The highest BCUT2D eigenvalue weighted by atomic mass is 32.1. The van der Waals surface area contributed by atoms with Crippen LogP contribution in [0.3, 0.4) is 0 Å². The quantitative estimate of drug-likeness (QED) is 0.217. The van der Waals surface area contributed by atoms with Crippen molar-refractivity contribution in [3.05, 3.63) is 105 Å². The van der Waals surface area contributed by atoms with Crippen LogP contribution in [0, 0.1) is 18.3 Å². The molecule has 238 valence electrons. The van der Waals surface area contributed by atoms with Crippen LogP contribution in [0.5, 0.6) is 0 Å². The van der Waals surface area contributed by atoms with Crippen molar-refractivity contribution in [2.45, 2.75) is 64.0 Å². The van der Waals surface area contributed by atoms with E-state index in [9.17, 15) is 27.9 Å². The van der Waals surface area contributed by atoms with Gasteiger partial charge in [0.05, 0.1) is 29.7 Å². The molecule has 5 rings (SSSR count). The first-order valence-electron chi connectivity index (χ1n) is 14.9. The summed E-state index contributed by atoms with van der Waals surface area (Å²) in [6.45, 7) is 2.28. The molecule has 0 bridgehead atoms. The number of halogens is 3. The topological polar surface area (TPSA) is 116 Å². The number of hydrogen-bond donors (Lipinski definition) is 4. The van der Waals surface area contributed by atoms with Crippen molar-refractivity contribution in [3.63, 3.8) is 0 Å². The molecule has 45 heavy (non-hydrogen) atoms. The lowest BCUT2D eigenvalue weighted by molar-refractivity contribution is -0.138. The second-order valence-electron chi connectivity index (χ2n) is 11.7. The molecular weight excluding hydrogens is 603 g/mol. The van der Waals surface area contributed by atoms with E-state index in [1.807, 2.05) is 48.7 Å². The van der Waals surface area contributed by atoms with E-state index < -0.39 is 29.3 Å². The number of aryl methyl sites for hydroxylation is 1. The molecule has 12 heteroatoms. The predicted octanol–water partition coefficient (Wildman–Crippen LogP) is 4.64. The summed E-state index contributed by atoms with van der Waals surface area (Å²) in [4.78, 5) is 35.3. The molecule has 3 aromatic rings. The Morgan fingerprint density at radius 2 is 1.91 bits per heavy atom. The summed E-state index contributed by atoms with van der Waals surface area (Å²) in [5.41, 5.74) is 0.862. The third-order valence-corrected chi connectivity index (χ3v) is 9.11. The first-order valence-corrected chi connectivity index (χ1v) is 15.7. The molecule has 2 heterocycles. The summed E-state index contributed by atoms with van der Waals surface area (Å²) in [7, 11) is 0. The lowest BCUT2D eigenvalue weighted by Crippen LogP contribution is -2.50. The van der Waals surface area contributed by atoms with Gasteiger partial charge < -0.3 is 21.1 Å². The number of hydrogen-bond acceptors (Lipinski definition) is 7. The summed E-state index contributed by atoms with van der Waals surface area (Å²) in [6, 6.07) is 9.68. The van der Waals surface area contributed by atoms with Crippen molar-refractivity contribution >= 4 is 23.2 Å². The van der Waals surface area contributed by atoms with Gasteiger partial charge in [0.25, 0.3) is 0 Å². The molecule has 1 aromatic carbocycles. The number of alkyl halides is 3. The van der Waals surface area contributed by atoms with Crippen LogP contribution < -0.4 is 16.0 Å². The monoisotopic (exact) mass is 639 g/mol. The van der Waals surface area contributed by atoms with Gasteiger partial charge in [0.2, 0.25) is 11.8 Å². The molecular formula is C33H36F3N5O3S. The number of rotatable bonds is 13. The van der Waals surface area contributed by atoms with Gasteiger partial charge in [-0.05, 0) is 55.7 Å². The summed E-state index contributed by atoms with van der Waals surface area (Å²) in [5.74, 6) is -0.389. The van der Waals surface area contributed by atoms with E-state index in [2.05, 4.69) is 25.9 Å². The summed E-state index contributed by atoms with van der Waals surface area (Å²) in [5, 5.41) is 22.9. The average molecular weight is 640 g/mol. The van der Waals surface area contributed by atoms with Crippen LogP contribution in [0.25, 0.3) is 0 Å². The number of aromatic nitrogens is 2. The van der Waals surface area contributed by atoms with E-state index in [4.69, 9.17) is 0 Å². The number of pyridine rings is 1. The molecule has 4 N–H and O–H groups in total. The molecule has 2 amide bonds. The first-order chi connectivity index (χ1) is 21.5.